The number of hydrogen-bond donors (Lipinski definition) is 0. The molecule has 1 aromatic heterocycles. The van der Waals surface area contributed by atoms with Crippen molar-refractivity contribution in [2.75, 3.05) is 4.90 Å². The fraction of sp³-hybridized carbons (Fsp3) is 0. The summed E-state index contributed by atoms with van der Waals surface area (Å²) >= 11 is 0. The highest BCUT2D eigenvalue weighted by Gasteiger charge is 2.18. The summed E-state index contributed by atoms with van der Waals surface area (Å²) < 4.78 is 345. The van der Waals surface area contributed by atoms with Crippen LogP contribution in [0.5, 0.6) is 0 Å². The van der Waals surface area contributed by atoms with Crippen LogP contribution in [0.4, 0.5) is 17.1 Å². The predicted molar refractivity (Wildman–Crippen MR) is 255 cm³/mol. The highest BCUT2D eigenvalue weighted by atomic mass is 15.1. The van der Waals surface area contributed by atoms with E-state index in [9.17, 15) is 21.9 Å². The van der Waals surface area contributed by atoms with Gasteiger partial charge >= 0.3 is 0 Å². The lowest BCUT2D eigenvalue weighted by molar-refractivity contribution is 1.19. The molecule has 0 radical (unpaired) electrons. The normalized spacial score (nSPS) is 20.2. The lowest BCUT2D eigenvalue weighted by Gasteiger charge is -2.27. The smallest absolute Gasteiger partial charge is 0.0652 e. The summed E-state index contributed by atoms with van der Waals surface area (Å²) in [6.45, 7) is 0. The third-order valence-electron chi connectivity index (χ3n) is 8.97. The second kappa shape index (κ2) is 15.1. The topological polar surface area (TPSA) is 8.17 Å². The van der Waals surface area contributed by atoms with Gasteiger partial charge in [-0.3, -0.25) is 0 Å². The monoisotopic (exact) mass is 803 g/mol. The van der Waals surface area contributed by atoms with Gasteiger partial charge in [0.25, 0.3) is 0 Å². The van der Waals surface area contributed by atoms with E-state index in [1.807, 2.05) is 0 Å². The Morgan fingerprint density at radius 3 is 1.65 bits per heavy atom. The second-order valence-electron chi connectivity index (χ2n) is 12.4. The van der Waals surface area contributed by atoms with E-state index in [4.69, 9.17) is 30.2 Å². The van der Waals surface area contributed by atoms with Crippen molar-refractivity contribution in [1.29, 1.82) is 0 Å². The van der Waals surface area contributed by atoms with Gasteiger partial charge in [-0.05, 0) is 122 Å². The minimum atomic E-state index is -1.36. The lowest BCUT2D eigenvalue weighted by atomic mass is 9.93. The molecule has 2 heteroatoms. The third kappa shape index (κ3) is 6.41. The molecule has 11 rings (SSSR count). The number of nitrogens with zero attached hydrogens (tertiary/aromatic N) is 2. The van der Waals surface area contributed by atoms with Gasteiger partial charge in [0.15, 0.2) is 0 Å². The summed E-state index contributed by atoms with van der Waals surface area (Å²) in [5.41, 5.74) is -13.0. The number of aromatic nitrogens is 1. The van der Waals surface area contributed by atoms with Crippen LogP contribution in [0.15, 0.2) is 242 Å². The standard InChI is InChI=1S/C58H40N2/c1-4-14-41(15-5-1)43-24-30-49(31-25-43)59(52-35-36-53(45-17-6-2-7-18-45)55(40-52)46-19-8-3-9-20-46)50-32-26-44(27-33-50)48-29-37-58-56(39-48)54-22-12-13-23-57(54)60(58)51-34-28-42-16-10-11-21-47(42)38-51/h1-40H/i1D,2D,3D,4D,5D,6D,7D,8D,9D,10D,11D,12D,13D,14D,15D,16D,17D,18D,19D,20D,21D,22D,23D,24D,26D,27D,28D,29D,30D,32D,33D,34D,35D,36D,37D,38D,39D,40D. The van der Waals surface area contributed by atoms with E-state index in [2.05, 4.69) is 0 Å². The first-order valence-corrected chi connectivity index (χ1v) is 17.5. The molecule has 0 fully saturated rings. The molecule has 10 aromatic carbocycles. The SMILES string of the molecule is [2H]c1c(-c2c([2H])c([2H])c([2H])c([2H])c2[2H])ccc(N(c2c([2H])c([2H])c(-c3c([2H])c([2H])c4c(c3[2H])c3c([2H])c([2H])c([2H])c([2H])c3n4-c3c([2H])c([2H])c4c([2H])c([2H])c([2H])c([2H])c4c3[2H])c([2H])c2[2H])c2c([2H])c([2H])c(-c3c([2H])c([2H])c([2H])c([2H])c3[2H])c(-c3c([2H])c([2H])c([2H])c([2H])c3[2H])c2[2H])c1[2H]. The van der Waals surface area contributed by atoms with Crippen LogP contribution in [0.25, 0.3) is 82.8 Å². The number of rotatable bonds is 8. The maximum Gasteiger partial charge on any atom is 0.0652 e. The summed E-state index contributed by atoms with van der Waals surface area (Å²) in [6, 6.07) is -38.7. The van der Waals surface area contributed by atoms with E-state index in [0.29, 0.717) is 9.47 Å². The van der Waals surface area contributed by atoms with Crippen LogP contribution in [0.1, 0.15) is 52.1 Å². The van der Waals surface area contributed by atoms with Gasteiger partial charge < -0.3 is 9.47 Å². The maximum absolute atomic E-state index is 10.2. The molecule has 60 heavy (non-hydrogen) atoms. The minimum Gasteiger partial charge on any atom is -0.310 e. The first kappa shape index (κ1) is 13.6. The third-order valence-corrected chi connectivity index (χ3v) is 8.97. The largest absolute Gasteiger partial charge is 0.310 e. The highest BCUT2D eigenvalue weighted by molar-refractivity contribution is 6.10. The molecule has 0 aliphatic carbocycles. The average molecular weight is 803 g/mol. The van der Waals surface area contributed by atoms with Crippen molar-refractivity contribution in [2.45, 2.75) is 0 Å². The number of hydrogen-bond acceptors (Lipinski definition) is 1. The zero-order valence-electron chi connectivity index (χ0n) is 68.0. The average Bonchev–Trinajstić information content (AvgIpc) is 1.46. The van der Waals surface area contributed by atoms with Crippen LogP contribution >= 0.6 is 0 Å². The van der Waals surface area contributed by atoms with Gasteiger partial charge in [0, 0.05) is 33.5 Å². The molecular weight excluding hydrogens is 725 g/mol. The zero-order valence-corrected chi connectivity index (χ0v) is 30.0. The van der Waals surface area contributed by atoms with Gasteiger partial charge in [0.05, 0.1) is 63.1 Å². The Bertz CT molecular complexity index is 5450. The molecule has 0 aliphatic rings. The molecule has 0 unspecified atom stereocenters. The Kier molecular flexibility index (Phi) is 3.41. The van der Waals surface area contributed by atoms with Gasteiger partial charge in [-0.15, -0.1) is 0 Å². The van der Waals surface area contributed by atoms with Crippen LogP contribution in [0.3, 0.4) is 0 Å². The lowest BCUT2D eigenvalue weighted by Crippen LogP contribution is -2.10. The van der Waals surface area contributed by atoms with Gasteiger partial charge in [-0.25, -0.2) is 0 Å². The molecule has 0 bridgehead atoms. The molecule has 0 saturated heterocycles. The van der Waals surface area contributed by atoms with Crippen molar-refractivity contribution in [3.05, 3.63) is 242 Å². The predicted octanol–water partition coefficient (Wildman–Crippen LogP) is 16.1. The van der Waals surface area contributed by atoms with Gasteiger partial charge in [-0.2, -0.15) is 0 Å². The van der Waals surface area contributed by atoms with Crippen molar-refractivity contribution in [2.24, 2.45) is 0 Å². The second-order valence-corrected chi connectivity index (χ2v) is 12.4. The minimum absolute atomic E-state index is 0.400. The number of para-hydroxylation sites is 1. The van der Waals surface area contributed by atoms with Crippen LogP contribution in [0, 0.1) is 0 Å². The molecule has 2 nitrogen and oxygen atoms in total. The van der Waals surface area contributed by atoms with Gasteiger partial charge in [0.1, 0.15) is 0 Å². The summed E-state index contributed by atoms with van der Waals surface area (Å²) in [7, 11) is 0. The fourth-order valence-electron chi connectivity index (χ4n) is 6.31. The molecule has 282 valence electrons. The number of anilines is 3. The number of fused-ring (bicyclic) bond motifs is 4. The van der Waals surface area contributed by atoms with Crippen molar-refractivity contribution >= 4 is 49.6 Å². The molecule has 1 heterocycles. The van der Waals surface area contributed by atoms with E-state index in [0.717, 1.165) is 12.1 Å². The molecule has 0 aliphatic heterocycles. The van der Waals surface area contributed by atoms with E-state index < -0.39 is 329 Å². The molecule has 0 N–H and O–H groups in total. The van der Waals surface area contributed by atoms with E-state index in [-0.39, 0.29) is 0 Å². The van der Waals surface area contributed by atoms with Crippen LogP contribution in [-0.4, -0.2) is 4.57 Å². The molecule has 11 aromatic rings. The Balaban J connectivity index is 1.31. The van der Waals surface area contributed by atoms with E-state index in [1.165, 1.54) is 0 Å². The van der Waals surface area contributed by atoms with Crippen molar-refractivity contribution in [3.63, 3.8) is 0 Å². The van der Waals surface area contributed by atoms with Crippen molar-refractivity contribution in [3.8, 4) is 50.2 Å². The molecule has 0 spiro atoms. The van der Waals surface area contributed by atoms with Crippen LogP contribution < -0.4 is 4.90 Å². The maximum atomic E-state index is 10.2. The van der Waals surface area contributed by atoms with Gasteiger partial charge in [-0.1, -0.05) is 175 Å². The van der Waals surface area contributed by atoms with Crippen molar-refractivity contribution in [1.82, 2.24) is 4.57 Å². The first-order valence-electron chi connectivity index (χ1n) is 36.5. The Morgan fingerprint density at radius 1 is 0.317 bits per heavy atom. The zero-order chi connectivity index (χ0) is 72.9. The summed E-state index contributed by atoms with van der Waals surface area (Å²) in [5, 5.41) is -2.70. The quantitative estimate of drug-likeness (QED) is 0.149. The Hall–Kier alpha value is -7.94. The Labute approximate surface area is 403 Å². The first-order chi connectivity index (χ1) is 45.6. The van der Waals surface area contributed by atoms with Crippen LogP contribution in [-0.2, 0) is 0 Å². The van der Waals surface area contributed by atoms with Crippen LogP contribution in [0.2, 0.25) is 0 Å². The fourth-order valence-corrected chi connectivity index (χ4v) is 6.31. The summed E-state index contributed by atoms with van der Waals surface area (Å²) in [4.78, 5) is 0.400. The van der Waals surface area contributed by atoms with E-state index in [1.54, 1.807) is 0 Å². The molecule has 0 saturated carbocycles. The molecule has 0 amide bonds. The molecule has 0 atom stereocenters. The summed E-state index contributed by atoms with van der Waals surface area (Å²) in [5.74, 6) is 0. The number of benzene rings is 10. The summed E-state index contributed by atoms with van der Waals surface area (Å²) in [6.07, 6.45) is 0. The Morgan fingerprint density at radius 2 is 0.883 bits per heavy atom. The molecular formula is C58H40N2. The highest BCUT2D eigenvalue weighted by Crippen LogP contribution is 2.42. The van der Waals surface area contributed by atoms with E-state index >= 15 is 0 Å². The van der Waals surface area contributed by atoms with Gasteiger partial charge in [0.2, 0.25) is 0 Å². The van der Waals surface area contributed by atoms with Crippen molar-refractivity contribution < 1.29 is 52.1 Å².